The third-order valence-electron chi connectivity index (χ3n) is 3.60. The second kappa shape index (κ2) is 7.83. The first-order valence-corrected chi connectivity index (χ1v) is 7.28. The van der Waals surface area contributed by atoms with Crippen LogP contribution in [0.1, 0.15) is 43.0 Å². The molecule has 2 atom stereocenters. The molecule has 0 aromatic heterocycles. The van der Waals surface area contributed by atoms with E-state index in [0.29, 0.717) is 6.04 Å². The standard InChI is InChI=1S/C18H23NO/c1-15(16-9-4-2-5-10-16)19-18(13-8-14-20)17-11-6-3-7-12-17/h2-7,9-12,15,18-20H,8,13-14H2,1H3. The Hall–Kier alpha value is -1.64. The lowest BCUT2D eigenvalue weighted by Crippen LogP contribution is -2.25. The number of aliphatic hydroxyl groups excluding tert-OH is 1. The maximum Gasteiger partial charge on any atom is 0.0431 e. The quantitative estimate of drug-likeness (QED) is 0.800. The highest BCUT2D eigenvalue weighted by Crippen LogP contribution is 2.23. The van der Waals surface area contributed by atoms with Gasteiger partial charge in [0.2, 0.25) is 0 Å². The van der Waals surface area contributed by atoms with Crippen molar-refractivity contribution in [3.8, 4) is 0 Å². The first kappa shape index (κ1) is 14.8. The van der Waals surface area contributed by atoms with Crippen molar-refractivity contribution in [2.45, 2.75) is 31.8 Å². The van der Waals surface area contributed by atoms with Crippen molar-refractivity contribution in [2.75, 3.05) is 6.61 Å². The summed E-state index contributed by atoms with van der Waals surface area (Å²) in [6.45, 7) is 2.43. The highest BCUT2D eigenvalue weighted by molar-refractivity contribution is 5.22. The van der Waals surface area contributed by atoms with Gasteiger partial charge in [0.1, 0.15) is 0 Å². The van der Waals surface area contributed by atoms with Gasteiger partial charge < -0.3 is 10.4 Å². The number of hydrogen-bond acceptors (Lipinski definition) is 2. The molecule has 0 radical (unpaired) electrons. The molecule has 106 valence electrons. The summed E-state index contributed by atoms with van der Waals surface area (Å²) in [5.74, 6) is 0. The molecule has 0 saturated heterocycles. The average molecular weight is 269 g/mol. The van der Waals surface area contributed by atoms with E-state index < -0.39 is 0 Å². The highest BCUT2D eigenvalue weighted by Gasteiger charge is 2.14. The average Bonchev–Trinajstić information content (AvgIpc) is 2.53. The predicted octanol–water partition coefficient (Wildman–Crippen LogP) is 3.85. The molecule has 2 aromatic rings. The molecule has 0 spiro atoms. The summed E-state index contributed by atoms with van der Waals surface area (Å²) in [4.78, 5) is 0. The molecule has 0 heterocycles. The van der Waals surface area contributed by atoms with Crippen molar-refractivity contribution in [1.82, 2.24) is 5.32 Å². The van der Waals surface area contributed by atoms with Crippen molar-refractivity contribution < 1.29 is 5.11 Å². The van der Waals surface area contributed by atoms with Crippen LogP contribution < -0.4 is 5.32 Å². The Bertz CT molecular complexity index is 483. The van der Waals surface area contributed by atoms with Gasteiger partial charge in [-0.1, -0.05) is 60.7 Å². The van der Waals surface area contributed by atoms with E-state index in [1.165, 1.54) is 11.1 Å². The summed E-state index contributed by atoms with van der Waals surface area (Å²) in [7, 11) is 0. The van der Waals surface area contributed by atoms with Crippen molar-refractivity contribution in [1.29, 1.82) is 0 Å². The van der Waals surface area contributed by atoms with Crippen LogP contribution in [0, 0.1) is 0 Å². The largest absolute Gasteiger partial charge is 0.396 e. The van der Waals surface area contributed by atoms with Gasteiger partial charge in [-0.05, 0) is 30.9 Å². The zero-order chi connectivity index (χ0) is 14.2. The second-order valence-corrected chi connectivity index (χ2v) is 5.13. The Morgan fingerprint density at radius 3 is 2.00 bits per heavy atom. The Labute approximate surface area is 121 Å². The van der Waals surface area contributed by atoms with E-state index in [2.05, 4.69) is 60.8 Å². The Balaban J connectivity index is 2.08. The molecular weight excluding hydrogens is 246 g/mol. The Morgan fingerprint density at radius 2 is 1.45 bits per heavy atom. The number of rotatable bonds is 7. The van der Waals surface area contributed by atoms with Crippen molar-refractivity contribution in [3.05, 3.63) is 71.8 Å². The summed E-state index contributed by atoms with van der Waals surface area (Å²) in [6, 6.07) is 21.5. The molecule has 2 nitrogen and oxygen atoms in total. The molecule has 0 saturated carbocycles. The zero-order valence-electron chi connectivity index (χ0n) is 12.0. The van der Waals surface area contributed by atoms with Crippen LogP contribution in [0.2, 0.25) is 0 Å². The molecule has 2 heteroatoms. The molecule has 2 rings (SSSR count). The highest BCUT2D eigenvalue weighted by atomic mass is 16.2. The lowest BCUT2D eigenvalue weighted by Gasteiger charge is -2.24. The number of nitrogens with one attached hydrogen (secondary N) is 1. The van der Waals surface area contributed by atoms with Gasteiger partial charge in [0.15, 0.2) is 0 Å². The Morgan fingerprint density at radius 1 is 0.900 bits per heavy atom. The maximum absolute atomic E-state index is 9.09. The normalized spacial score (nSPS) is 13.9. The molecule has 0 aliphatic carbocycles. The molecule has 2 N–H and O–H groups in total. The fourth-order valence-electron chi connectivity index (χ4n) is 2.47. The van der Waals surface area contributed by atoms with Crippen molar-refractivity contribution in [2.24, 2.45) is 0 Å². The fourth-order valence-corrected chi connectivity index (χ4v) is 2.47. The van der Waals surface area contributed by atoms with Crippen LogP contribution in [0.3, 0.4) is 0 Å². The van der Waals surface area contributed by atoms with E-state index in [-0.39, 0.29) is 12.6 Å². The molecule has 0 fully saturated rings. The smallest absolute Gasteiger partial charge is 0.0431 e. The van der Waals surface area contributed by atoms with E-state index in [0.717, 1.165) is 12.8 Å². The van der Waals surface area contributed by atoms with Gasteiger partial charge in [0.05, 0.1) is 0 Å². The van der Waals surface area contributed by atoms with Gasteiger partial charge in [-0.3, -0.25) is 0 Å². The van der Waals surface area contributed by atoms with Gasteiger partial charge in [-0.2, -0.15) is 0 Å². The van der Waals surface area contributed by atoms with Crippen LogP contribution >= 0.6 is 0 Å². The van der Waals surface area contributed by atoms with E-state index >= 15 is 0 Å². The fraction of sp³-hybridized carbons (Fsp3) is 0.333. The topological polar surface area (TPSA) is 32.3 Å². The van der Waals surface area contributed by atoms with Crippen LogP contribution in [0.15, 0.2) is 60.7 Å². The van der Waals surface area contributed by atoms with Gasteiger partial charge in [0, 0.05) is 18.7 Å². The lowest BCUT2D eigenvalue weighted by molar-refractivity contribution is 0.272. The summed E-state index contributed by atoms with van der Waals surface area (Å²) >= 11 is 0. The zero-order valence-corrected chi connectivity index (χ0v) is 12.0. The number of aliphatic hydroxyl groups is 1. The van der Waals surface area contributed by atoms with Gasteiger partial charge in [0.25, 0.3) is 0 Å². The number of hydrogen-bond donors (Lipinski definition) is 2. The third-order valence-corrected chi connectivity index (χ3v) is 3.60. The predicted molar refractivity (Wildman–Crippen MR) is 83.5 cm³/mol. The first-order chi connectivity index (χ1) is 9.81. The van der Waals surface area contributed by atoms with Gasteiger partial charge in [-0.25, -0.2) is 0 Å². The minimum absolute atomic E-state index is 0.241. The molecule has 0 aliphatic heterocycles. The maximum atomic E-state index is 9.09. The molecule has 0 bridgehead atoms. The van der Waals surface area contributed by atoms with Gasteiger partial charge >= 0.3 is 0 Å². The van der Waals surface area contributed by atoms with E-state index in [4.69, 9.17) is 5.11 Å². The second-order valence-electron chi connectivity index (χ2n) is 5.13. The molecule has 20 heavy (non-hydrogen) atoms. The first-order valence-electron chi connectivity index (χ1n) is 7.28. The molecule has 0 amide bonds. The summed E-state index contributed by atoms with van der Waals surface area (Å²) < 4.78 is 0. The minimum atomic E-state index is 0.241. The molecule has 0 aliphatic rings. The summed E-state index contributed by atoms with van der Waals surface area (Å²) in [5.41, 5.74) is 2.57. The molecule has 2 aromatic carbocycles. The van der Waals surface area contributed by atoms with Crippen molar-refractivity contribution in [3.63, 3.8) is 0 Å². The van der Waals surface area contributed by atoms with Crippen LogP contribution in [0.5, 0.6) is 0 Å². The van der Waals surface area contributed by atoms with Crippen LogP contribution in [0.25, 0.3) is 0 Å². The Kier molecular flexibility index (Phi) is 5.78. The van der Waals surface area contributed by atoms with E-state index in [9.17, 15) is 0 Å². The van der Waals surface area contributed by atoms with E-state index in [1.807, 2.05) is 12.1 Å². The summed E-state index contributed by atoms with van der Waals surface area (Å²) in [5, 5.41) is 12.8. The molecular formula is C18H23NO. The molecule has 2 unspecified atom stereocenters. The van der Waals surface area contributed by atoms with Crippen LogP contribution in [-0.2, 0) is 0 Å². The minimum Gasteiger partial charge on any atom is -0.396 e. The summed E-state index contributed by atoms with van der Waals surface area (Å²) in [6.07, 6.45) is 1.76. The van der Waals surface area contributed by atoms with E-state index in [1.54, 1.807) is 0 Å². The monoisotopic (exact) mass is 269 g/mol. The van der Waals surface area contributed by atoms with Crippen LogP contribution in [-0.4, -0.2) is 11.7 Å². The SMILES string of the molecule is CC(NC(CCCO)c1ccccc1)c1ccccc1. The number of benzene rings is 2. The van der Waals surface area contributed by atoms with Crippen molar-refractivity contribution >= 4 is 0 Å². The van der Waals surface area contributed by atoms with Crippen LogP contribution in [0.4, 0.5) is 0 Å². The van der Waals surface area contributed by atoms with Gasteiger partial charge in [-0.15, -0.1) is 0 Å². The lowest BCUT2D eigenvalue weighted by atomic mass is 9.99. The third kappa shape index (κ3) is 4.19.